The summed E-state index contributed by atoms with van der Waals surface area (Å²) in [5.74, 6) is 0. The molecule has 352 valence electrons. The van der Waals surface area contributed by atoms with Crippen LogP contribution in [-0.2, 0) is 10.8 Å². The molecule has 12 aromatic rings. The average Bonchev–Trinajstić information content (AvgIpc) is 4.03. The fourth-order valence-corrected chi connectivity index (χ4v) is 12.8. The number of benzene rings is 12. The van der Waals surface area contributed by atoms with Crippen LogP contribution in [0.2, 0.25) is 0 Å². The number of nitrogens with zero attached hydrogens (tertiary/aromatic N) is 1. The molecular weight excluding hydrogens is 903 g/mol. The second-order valence-corrected chi connectivity index (χ2v) is 19.9. The Kier molecular flexibility index (Phi) is 10.7. The van der Waals surface area contributed by atoms with Crippen molar-refractivity contribution in [2.24, 2.45) is 0 Å². The van der Waals surface area contributed by atoms with Crippen LogP contribution in [0, 0.1) is 0 Å². The first kappa shape index (κ1) is 44.2. The lowest BCUT2D eigenvalue weighted by molar-refractivity contribution is 0.768. The number of hydrogen-bond donors (Lipinski definition) is 0. The third kappa shape index (κ3) is 7.00. The quantitative estimate of drug-likeness (QED) is 0.132. The first-order chi connectivity index (χ1) is 37.2. The Morgan fingerprint density at radius 2 is 0.560 bits per heavy atom. The molecule has 0 saturated heterocycles. The molecule has 0 amide bonds. The third-order valence-corrected chi connectivity index (χ3v) is 16.1. The number of anilines is 3. The van der Waals surface area contributed by atoms with Crippen LogP contribution in [0.5, 0.6) is 0 Å². The Morgan fingerprint density at radius 1 is 0.200 bits per heavy atom. The Balaban J connectivity index is 0.939. The van der Waals surface area contributed by atoms with Crippen molar-refractivity contribution in [1.29, 1.82) is 0 Å². The van der Waals surface area contributed by atoms with Crippen molar-refractivity contribution in [2.45, 2.75) is 10.8 Å². The molecule has 14 rings (SSSR count). The van der Waals surface area contributed by atoms with E-state index in [2.05, 4.69) is 314 Å². The summed E-state index contributed by atoms with van der Waals surface area (Å²) in [5, 5.41) is 0. The highest BCUT2D eigenvalue weighted by Crippen LogP contribution is 2.59. The van der Waals surface area contributed by atoms with E-state index in [0.717, 1.165) is 33.8 Å². The lowest BCUT2D eigenvalue weighted by Crippen LogP contribution is -2.28. The van der Waals surface area contributed by atoms with Gasteiger partial charge in [-0.2, -0.15) is 0 Å². The molecule has 1 nitrogen and oxygen atoms in total. The van der Waals surface area contributed by atoms with Gasteiger partial charge in [-0.05, 0) is 131 Å². The maximum atomic E-state index is 2.47. The fourth-order valence-electron chi connectivity index (χ4n) is 12.8. The van der Waals surface area contributed by atoms with E-state index in [9.17, 15) is 0 Å². The summed E-state index contributed by atoms with van der Waals surface area (Å²) in [6, 6.07) is 114. The van der Waals surface area contributed by atoms with Gasteiger partial charge in [-0.15, -0.1) is 0 Å². The van der Waals surface area contributed by atoms with Crippen LogP contribution in [0.15, 0.2) is 309 Å². The molecule has 0 bridgehead atoms. The van der Waals surface area contributed by atoms with Crippen molar-refractivity contribution in [1.82, 2.24) is 0 Å². The van der Waals surface area contributed by atoms with E-state index in [1.54, 1.807) is 0 Å². The van der Waals surface area contributed by atoms with Gasteiger partial charge in [0.1, 0.15) is 0 Å². The lowest BCUT2D eigenvalue weighted by Gasteiger charge is -2.34. The van der Waals surface area contributed by atoms with Crippen molar-refractivity contribution in [3.63, 3.8) is 0 Å². The molecule has 0 spiro atoms. The zero-order chi connectivity index (χ0) is 49.8. The number of fused-ring (bicyclic) bond motifs is 6. The van der Waals surface area contributed by atoms with E-state index >= 15 is 0 Å². The smallest absolute Gasteiger partial charge is 0.0713 e. The molecule has 0 N–H and O–H groups in total. The first-order valence-corrected chi connectivity index (χ1v) is 26.1. The molecule has 1 heteroatoms. The van der Waals surface area contributed by atoms with Gasteiger partial charge < -0.3 is 4.90 Å². The van der Waals surface area contributed by atoms with Gasteiger partial charge in [-0.1, -0.05) is 273 Å². The van der Waals surface area contributed by atoms with Crippen LogP contribution in [-0.4, -0.2) is 0 Å². The minimum atomic E-state index is -0.492. The monoisotopic (exact) mass is 953 g/mol. The van der Waals surface area contributed by atoms with Gasteiger partial charge >= 0.3 is 0 Å². The van der Waals surface area contributed by atoms with E-state index in [1.165, 1.54) is 83.5 Å². The molecule has 0 aliphatic heterocycles. The van der Waals surface area contributed by atoms with E-state index < -0.39 is 10.8 Å². The number of rotatable bonds is 10. The fraction of sp³-hybridized carbons (Fsp3) is 0.0270. The van der Waals surface area contributed by atoms with Crippen molar-refractivity contribution >= 4 is 17.1 Å². The maximum Gasteiger partial charge on any atom is 0.0713 e. The SMILES string of the molecule is c1ccc(-c2ccc(-c3ccccc3N(c3ccc(-c4ccc5c(c4)C(c4ccccc4)(c4ccccc4)c4ccccc4-5)cc3)c3ccc4c(c3)-c3ccccc3C4(c3ccccc3)c3ccccc3)cc2)cc1. The van der Waals surface area contributed by atoms with E-state index in [-0.39, 0.29) is 0 Å². The van der Waals surface area contributed by atoms with Crippen LogP contribution in [0.4, 0.5) is 17.1 Å². The van der Waals surface area contributed by atoms with E-state index in [4.69, 9.17) is 0 Å². The molecule has 2 aliphatic carbocycles. The minimum Gasteiger partial charge on any atom is -0.310 e. The van der Waals surface area contributed by atoms with Gasteiger partial charge in [0, 0.05) is 16.9 Å². The molecule has 0 saturated carbocycles. The molecule has 0 unspecified atom stereocenters. The molecule has 75 heavy (non-hydrogen) atoms. The number of para-hydroxylation sites is 1. The Morgan fingerprint density at radius 3 is 1.12 bits per heavy atom. The summed E-state index contributed by atoms with van der Waals surface area (Å²) in [5.41, 5.74) is 24.7. The molecular formula is C74H51N. The van der Waals surface area contributed by atoms with Crippen LogP contribution >= 0.6 is 0 Å². The summed E-state index contributed by atoms with van der Waals surface area (Å²) >= 11 is 0. The average molecular weight is 954 g/mol. The minimum absolute atomic E-state index is 0.477. The van der Waals surface area contributed by atoms with Gasteiger partial charge in [0.05, 0.1) is 16.5 Å². The zero-order valence-corrected chi connectivity index (χ0v) is 41.4. The standard InChI is InChI=1S/C74H51N/c1-6-22-52(23-7-1)53-38-40-55(41-39-53)63-32-18-21-37-72(63)75(62-47-49-70-67(51-62)65-34-17-20-36-69(65)73(70,57-24-8-2-9-25-57)58-26-10-3-11-27-58)61-45-42-54(43-46-61)56-44-48-66-64-33-16-19-35-68(64)74(71(66)50-56,59-28-12-4-13-29-59)60-30-14-5-15-31-60/h1-51H. The Bertz CT molecular complexity index is 3940. The van der Waals surface area contributed by atoms with Crippen LogP contribution in [0.25, 0.3) is 55.6 Å². The van der Waals surface area contributed by atoms with Crippen LogP contribution in [0.3, 0.4) is 0 Å². The van der Waals surface area contributed by atoms with E-state index in [0.29, 0.717) is 0 Å². The van der Waals surface area contributed by atoms with E-state index in [1.807, 2.05) is 0 Å². The highest BCUT2D eigenvalue weighted by molar-refractivity contribution is 5.94. The van der Waals surface area contributed by atoms with Crippen LogP contribution < -0.4 is 4.90 Å². The van der Waals surface area contributed by atoms with Gasteiger partial charge in [0.25, 0.3) is 0 Å². The molecule has 0 atom stereocenters. The molecule has 0 heterocycles. The largest absolute Gasteiger partial charge is 0.310 e. The first-order valence-electron chi connectivity index (χ1n) is 26.1. The second-order valence-electron chi connectivity index (χ2n) is 19.9. The summed E-state index contributed by atoms with van der Waals surface area (Å²) in [6.07, 6.45) is 0. The predicted octanol–water partition coefficient (Wildman–Crippen LogP) is 18.9. The summed E-state index contributed by atoms with van der Waals surface area (Å²) in [6.45, 7) is 0. The van der Waals surface area contributed by atoms with Crippen molar-refractivity contribution in [3.8, 4) is 55.6 Å². The van der Waals surface area contributed by atoms with Crippen molar-refractivity contribution in [3.05, 3.63) is 354 Å². The van der Waals surface area contributed by atoms with Gasteiger partial charge in [-0.3, -0.25) is 0 Å². The highest BCUT2D eigenvalue weighted by atomic mass is 15.1. The molecule has 2 aliphatic rings. The van der Waals surface area contributed by atoms with Crippen LogP contribution in [0.1, 0.15) is 44.5 Å². The summed E-state index contributed by atoms with van der Waals surface area (Å²) in [4.78, 5) is 2.47. The van der Waals surface area contributed by atoms with Gasteiger partial charge in [-0.25, -0.2) is 0 Å². The zero-order valence-electron chi connectivity index (χ0n) is 41.4. The normalized spacial score (nSPS) is 13.3. The highest BCUT2D eigenvalue weighted by Gasteiger charge is 2.47. The second kappa shape index (κ2) is 18.2. The molecule has 0 radical (unpaired) electrons. The maximum absolute atomic E-state index is 2.47. The molecule has 12 aromatic carbocycles. The lowest BCUT2D eigenvalue weighted by atomic mass is 9.67. The Labute approximate surface area is 440 Å². The number of hydrogen-bond acceptors (Lipinski definition) is 1. The Hall–Kier alpha value is -9.56. The topological polar surface area (TPSA) is 3.24 Å². The van der Waals surface area contributed by atoms with Crippen molar-refractivity contribution in [2.75, 3.05) is 4.90 Å². The molecule has 0 fully saturated rings. The van der Waals surface area contributed by atoms with Crippen molar-refractivity contribution < 1.29 is 0 Å². The summed E-state index contributed by atoms with van der Waals surface area (Å²) < 4.78 is 0. The molecule has 0 aromatic heterocycles. The van der Waals surface area contributed by atoms with Gasteiger partial charge in [0.15, 0.2) is 0 Å². The predicted molar refractivity (Wildman–Crippen MR) is 312 cm³/mol. The van der Waals surface area contributed by atoms with Gasteiger partial charge in [0.2, 0.25) is 0 Å². The third-order valence-electron chi connectivity index (χ3n) is 16.1. The summed E-state index contributed by atoms with van der Waals surface area (Å²) in [7, 11) is 0.